The van der Waals surface area contributed by atoms with Crippen LogP contribution >= 0.6 is 11.3 Å². The zero-order valence-electron chi connectivity index (χ0n) is 15.9. The molecule has 0 spiro atoms. The molecule has 1 amide bonds. The predicted molar refractivity (Wildman–Crippen MR) is 113 cm³/mol. The highest BCUT2D eigenvalue weighted by atomic mass is 32.1. The Balaban J connectivity index is 1.26. The zero-order chi connectivity index (χ0) is 19.8. The van der Waals surface area contributed by atoms with E-state index < -0.39 is 0 Å². The standard InChI is InChI=1S/C21H20N6OS/c22-13-15-1-3-16(4-2-15)27-7-5-18(21(27)28)25-8-10-26(11-9-25)19-17-6-12-29-20(17)24-14-23-19/h1-4,6,12,14,18H,5,7-11H2. The van der Waals surface area contributed by atoms with Crippen molar-refractivity contribution in [2.45, 2.75) is 12.5 Å². The Hall–Kier alpha value is -3.02. The molecule has 0 saturated carbocycles. The summed E-state index contributed by atoms with van der Waals surface area (Å²) in [5.74, 6) is 1.15. The number of carbonyl (C=O) groups excluding carboxylic acids is 1. The summed E-state index contributed by atoms with van der Waals surface area (Å²) in [7, 11) is 0. The number of fused-ring (bicyclic) bond motifs is 1. The van der Waals surface area contributed by atoms with E-state index in [9.17, 15) is 4.79 Å². The van der Waals surface area contributed by atoms with Gasteiger partial charge in [-0.25, -0.2) is 9.97 Å². The summed E-state index contributed by atoms with van der Waals surface area (Å²) >= 11 is 1.63. The Morgan fingerprint density at radius 3 is 2.59 bits per heavy atom. The van der Waals surface area contributed by atoms with E-state index in [0.717, 1.165) is 60.9 Å². The van der Waals surface area contributed by atoms with Crippen LogP contribution in [0.25, 0.3) is 10.2 Å². The van der Waals surface area contributed by atoms with E-state index in [1.165, 1.54) is 0 Å². The Morgan fingerprint density at radius 2 is 1.83 bits per heavy atom. The summed E-state index contributed by atoms with van der Waals surface area (Å²) in [4.78, 5) is 29.3. The molecule has 0 aliphatic carbocycles. The fourth-order valence-corrected chi connectivity index (χ4v) is 4.98. The van der Waals surface area contributed by atoms with Gasteiger partial charge in [0.05, 0.1) is 23.1 Å². The van der Waals surface area contributed by atoms with Crippen LogP contribution in [0.5, 0.6) is 0 Å². The van der Waals surface area contributed by atoms with Crippen molar-refractivity contribution in [3.05, 3.63) is 47.6 Å². The molecule has 0 radical (unpaired) electrons. The molecule has 8 heteroatoms. The molecule has 146 valence electrons. The van der Waals surface area contributed by atoms with E-state index in [1.54, 1.807) is 29.8 Å². The van der Waals surface area contributed by atoms with Gasteiger partial charge in [-0.05, 0) is 42.1 Å². The third kappa shape index (κ3) is 3.22. The summed E-state index contributed by atoms with van der Waals surface area (Å²) < 4.78 is 0. The molecule has 2 fully saturated rings. The molecule has 3 aromatic rings. The van der Waals surface area contributed by atoms with Crippen LogP contribution in [0.2, 0.25) is 0 Å². The van der Waals surface area contributed by atoms with Crippen LogP contribution < -0.4 is 9.80 Å². The van der Waals surface area contributed by atoms with Gasteiger partial charge in [0.1, 0.15) is 17.0 Å². The van der Waals surface area contributed by atoms with E-state index in [-0.39, 0.29) is 11.9 Å². The minimum absolute atomic E-state index is 0.0700. The summed E-state index contributed by atoms with van der Waals surface area (Å²) in [5, 5.41) is 12.1. The van der Waals surface area contributed by atoms with Crippen LogP contribution in [0.15, 0.2) is 42.0 Å². The molecular weight excluding hydrogens is 384 g/mol. The molecule has 2 saturated heterocycles. The lowest BCUT2D eigenvalue weighted by Gasteiger charge is -2.38. The molecule has 29 heavy (non-hydrogen) atoms. The van der Waals surface area contributed by atoms with Crippen molar-refractivity contribution < 1.29 is 4.79 Å². The van der Waals surface area contributed by atoms with Gasteiger partial charge < -0.3 is 9.80 Å². The summed E-state index contributed by atoms with van der Waals surface area (Å²) in [5.41, 5.74) is 1.48. The number of piperazine rings is 1. The fraction of sp³-hybridized carbons (Fsp3) is 0.333. The number of hydrogen-bond donors (Lipinski definition) is 0. The molecule has 2 aromatic heterocycles. The Bertz CT molecular complexity index is 1080. The normalized spacial score (nSPS) is 20.4. The van der Waals surface area contributed by atoms with Gasteiger partial charge in [-0.3, -0.25) is 9.69 Å². The number of thiophene rings is 1. The average molecular weight is 404 g/mol. The Labute approximate surface area is 172 Å². The monoisotopic (exact) mass is 404 g/mol. The van der Waals surface area contributed by atoms with E-state index >= 15 is 0 Å². The molecule has 5 rings (SSSR count). The van der Waals surface area contributed by atoms with Gasteiger partial charge in [0, 0.05) is 38.4 Å². The lowest BCUT2D eigenvalue weighted by Crippen LogP contribution is -2.52. The van der Waals surface area contributed by atoms with Crippen molar-refractivity contribution in [3.63, 3.8) is 0 Å². The van der Waals surface area contributed by atoms with Crippen LogP contribution in [0.3, 0.4) is 0 Å². The van der Waals surface area contributed by atoms with Crippen molar-refractivity contribution in [2.75, 3.05) is 42.5 Å². The SMILES string of the molecule is N#Cc1ccc(N2CCC(N3CCN(c4ncnc5sccc45)CC3)C2=O)cc1. The second-order valence-corrected chi connectivity index (χ2v) is 8.21. The maximum absolute atomic E-state index is 13.0. The number of rotatable bonds is 3. The summed E-state index contributed by atoms with van der Waals surface area (Å²) in [6, 6.07) is 11.4. The molecule has 0 N–H and O–H groups in total. The minimum atomic E-state index is -0.0700. The van der Waals surface area contributed by atoms with Gasteiger partial charge in [0.2, 0.25) is 5.91 Å². The third-order valence-electron chi connectivity index (χ3n) is 5.78. The van der Waals surface area contributed by atoms with E-state index in [0.29, 0.717) is 5.56 Å². The molecular formula is C21H20N6OS. The minimum Gasteiger partial charge on any atom is -0.353 e. The Kier molecular flexibility index (Phi) is 4.62. The van der Waals surface area contributed by atoms with Gasteiger partial charge in [-0.15, -0.1) is 11.3 Å². The smallest absolute Gasteiger partial charge is 0.244 e. The van der Waals surface area contributed by atoms with E-state index in [1.807, 2.05) is 22.4 Å². The molecule has 1 unspecified atom stereocenters. The van der Waals surface area contributed by atoms with Gasteiger partial charge in [-0.1, -0.05) is 0 Å². The molecule has 1 aromatic carbocycles. The number of hydrogen-bond acceptors (Lipinski definition) is 7. The van der Waals surface area contributed by atoms with Gasteiger partial charge in [0.15, 0.2) is 0 Å². The van der Waals surface area contributed by atoms with E-state index in [2.05, 4.69) is 31.9 Å². The quantitative estimate of drug-likeness (QED) is 0.668. The number of amides is 1. The highest BCUT2D eigenvalue weighted by Crippen LogP contribution is 2.29. The van der Waals surface area contributed by atoms with Crippen LogP contribution in [0, 0.1) is 11.3 Å². The second kappa shape index (κ2) is 7.43. The van der Waals surface area contributed by atoms with Crippen LogP contribution in [-0.4, -0.2) is 59.5 Å². The van der Waals surface area contributed by atoms with Crippen molar-refractivity contribution in [2.24, 2.45) is 0 Å². The molecule has 0 bridgehead atoms. The number of carbonyl (C=O) groups is 1. The highest BCUT2D eigenvalue weighted by molar-refractivity contribution is 7.16. The van der Waals surface area contributed by atoms with Crippen molar-refractivity contribution in [1.29, 1.82) is 5.26 Å². The van der Waals surface area contributed by atoms with Gasteiger partial charge >= 0.3 is 0 Å². The average Bonchev–Trinajstić information content (AvgIpc) is 3.40. The van der Waals surface area contributed by atoms with Crippen molar-refractivity contribution in [1.82, 2.24) is 14.9 Å². The van der Waals surface area contributed by atoms with Gasteiger partial charge in [0.25, 0.3) is 0 Å². The van der Waals surface area contributed by atoms with Crippen molar-refractivity contribution >= 4 is 39.0 Å². The van der Waals surface area contributed by atoms with Crippen molar-refractivity contribution in [3.8, 4) is 6.07 Å². The Morgan fingerprint density at radius 1 is 1.03 bits per heavy atom. The largest absolute Gasteiger partial charge is 0.353 e. The predicted octanol–water partition coefficient (Wildman–Crippen LogP) is 2.49. The first-order valence-corrected chi connectivity index (χ1v) is 10.6. The van der Waals surface area contributed by atoms with Crippen LogP contribution in [0.4, 0.5) is 11.5 Å². The summed E-state index contributed by atoms with van der Waals surface area (Å²) in [6.07, 6.45) is 2.47. The number of aromatic nitrogens is 2. The third-order valence-corrected chi connectivity index (χ3v) is 6.60. The van der Waals surface area contributed by atoms with Crippen LogP contribution in [-0.2, 0) is 4.79 Å². The lowest BCUT2D eigenvalue weighted by molar-refractivity contribution is -0.121. The first-order valence-electron chi connectivity index (χ1n) is 9.73. The molecule has 4 heterocycles. The lowest BCUT2D eigenvalue weighted by atomic mass is 10.1. The highest BCUT2D eigenvalue weighted by Gasteiger charge is 2.38. The molecule has 1 atom stereocenters. The first kappa shape index (κ1) is 18.0. The topological polar surface area (TPSA) is 76.4 Å². The molecule has 2 aliphatic heterocycles. The number of anilines is 2. The maximum Gasteiger partial charge on any atom is 0.244 e. The number of nitrogens with zero attached hydrogens (tertiary/aromatic N) is 6. The van der Waals surface area contributed by atoms with Crippen LogP contribution in [0.1, 0.15) is 12.0 Å². The number of nitriles is 1. The second-order valence-electron chi connectivity index (χ2n) is 7.31. The molecule has 7 nitrogen and oxygen atoms in total. The maximum atomic E-state index is 13.0. The zero-order valence-corrected chi connectivity index (χ0v) is 16.7. The van der Waals surface area contributed by atoms with Gasteiger partial charge in [-0.2, -0.15) is 5.26 Å². The molecule has 2 aliphatic rings. The first-order chi connectivity index (χ1) is 14.2. The fourth-order valence-electron chi connectivity index (χ4n) is 4.25. The number of benzene rings is 1. The van der Waals surface area contributed by atoms with E-state index in [4.69, 9.17) is 5.26 Å². The summed E-state index contributed by atoms with van der Waals surface area (Å²) in [6.45, 7) is 4.10.